The highest BCUT2D eigenvalue weighted by atomic mass is 16.5. The smallest absolute Gasteiger partial charge is 0.338 e. The zero-order valence-corrected chi connectivity index (χ0v) is 7.41. The van der Waals surface area contributed by atoms with Gasteiger partial charge in [-0.15, -0.1) is 0 Å². The fraction of sp³-hybridized carbons (Fsp3) is 0.333. The van der Waals surface area contributed by atoms with Crippen LogP contribution in [0.3, 0.4) is 0 Å². The summed E-state index contributed by atoms with van der Waals surface area (Å²) >= 11 is 0. The maximum absolute atomic E-state index is 11.1. The molecule has 0 bridgehead atoms. The van der Waals surface area contributed by atoms with E-state index in [-0.39, 0.29) is 5.97 Å². The fourth-order valence-electron chi connectivity index (χ4n) is 0.589. The van der Waals surface area contributed by atoms with Crippen LogP contribution in [0.15, 0.2) is 29.3 Å². The summed E-state index contributed by atoms with van der Waals surface area (Å²) in [5, 5.41) is 0. The van der Waals surface area contributed by atoms with Gasteiger partial charge in [0.25, 0.3) is 0 Å². The molecular weight excluding hydrogens is 154 g/mol. The molecule has 0 aromatic rings. The second-order valence-corrected chi connectivity index (χ2v) is 1.95. The molecule has 0 amide bonds. The average Bonchev–Trinajstić information content (AvgIpc) is 2.06. The highest BCUT2D eigenvalue weighted by molar-refractivity contribution is 5.95. The number of rotatable bonds is 4. The van der Waals surface area contributed by atoms with E-state index >= 15 is 0 Å². The maximum atomic E-state index is 11.1. The van der Waals surface area contributed by atoms with Crippen LogP contribution < -0.4 is 0 Å². The lowest BCUT2D eigenvalue weighted by atomic mass is 10.2. The molecule has 0 atom stereocenters. The van der Waals surface area contributed by atoms with Crippen LogP contribution in [0.4, 0.5) is 0 Å². The van der Waals surface area contributed by atoms with E-state index in [9.17, 15) is 4.79 Å². The molecule has 0 unspecified atom stereocenters. The predicted molar refractivity (Wildman–Crippen MR) is 49.3 cm³/mol. The zero-order valence-electron chi connectivity index (χ0n) is 7.41. The van der Waals surface area contributed by atoms with Crippen molar-refractivity contribution in [2.45, 2.75) is 6.92 Å². The number of ether oxygens (including phenoxy) is 1. The van der Waals surface area contributed by atoms with Crippen molar-refractivity contribution in [3.8, 4) is 0 Å². The molecule has 0 aliphatic carbocycles. The van der Waals surface area contributed by atoms with Crippen LogP contribution in [0.1, 0.15) is 6.92 Å². The number of carbonyl (C=O) groups is 1. The second-order valence-electron chi connectivity index (χ2n) is 1.95. The molecule has 0 heterocycles. The first-order valence-electron chi connectivity index (χ1n) is 3.68. The van der Waals surface area contributed by atoms with Gasteiger partial charge in [0.1, 0.15) is 0 Å². The maximum Gasteiger partial charge on any atom is 0.338 e. The Morgan fingerprint density at radius 2 is 2.33 bits per heavy atom. The third-order valence-corrected chi connectivity index (χ3v) is 1.13. The minimum Gasteiger partial charge on any atom is -0.462 e. The molecule has 0 fully saturated rings. The second kappa shape index (κ2) is 6.34. The Labute approximate surface area is 72.4 Å². The molecule has 0 aromatic carbocycles. The molecule has 0 aliphatic rings. The molecule has 12 heavy (non-hydrogen) atoms. The third kappa shape index (κ3) is 3.71. The topological polar surface area (TPSA) is 38.7 Å². The Morgan fingerprint density at radius 3 is 2.75 bits per heavy atom. The number of hydrogen-bond acceptors (Lipinski definition) is 3. The normalized spacial score (nSPS) is 11.7. The molecule has 0 saturated heterocycles. The van der Waals surface area contributed by atoms with E-state index in [4.69, 9.17) is 4.74 Å². The van der Waals surface area contributed by atoms with Crippen molar-refractivity contribution in [3.63, 3.8) is 0 Å². The van der Waals surface area contributed by atoms with Gasteiger partial charge < -0.3 is 4.74 Å². The van der Waals surface area contributed by atoms with E-state index in [1.807, 2.05) is 0 Å². The van der Waals surface area contributed by atoms with Crippen molar-refractivity contribution in [2.24, 2.45) is 4.99 Å². The Morgan fingerprint density at radius 1 is 1.67 bits per heavy atom. The monoisotopic (exact) mass is 167 g/mol. The van der Waals surface area contributed by atoms with Crippen LogP contribution in [0.5, 0.6) is 0 Å². The van der Waals surface area contributed by atoms with Gasteiger partial charge in [0.05, 0.1) is 12.2 Å². The van der Waals surface area contributed by atoms with Crippen LogP contribution in [0.2, 0.25) is 0 Å². The first kappa shape index (κ1) is 10.6. The van der Waals surface area contributed by atoms with Crippen LogP contribution in [-0.2, 0) is 9.53 Å². The summed E-state index contributed by atoms with van der Waals surface area (Å²) < 4.78 is 4.75. The molecule has 3 nitrogen and oxygen atoms in total. The van der Waals surface area contributed by atoms with E-state index < -0.39 is 0 Å². The van der Waals surface area contributed by atoms with Crippen molar-refractivity contribution < 1.29 is 9.53 Å². The average molecular weight is 167 g/mol. The molecular formula is C9H13NO2. The largest absolute Gasteiger partial charge is 0.462 e. The molecule has 0 spiro atoms. The van der Waals surface area contributed by atoms with E-state index in [2.05, 4.69) is 11.6 Å². The van der Waals surface area contributed by atoms with Gasteiger partial charge >= 0.3 is 5.97 Å². The molecule has 0 N–H and O–H groups in total. The zero-order chi connectivity index (χ0) is 9.40. The van der Waals surface area contributed by atoms with Gasteiger partial charge in [0.2, 0.25) is 0 Å². The summed E-state index contributed by atoms with van der Waals surface area (Å²) in [6.07, 6.45) is 4.53. The van der Waals surface area contributed by atoms with Crippen LogP contribution in [0, 0.1) is 0 Å². The van der Waals surface area contributed by atoms with Gasteiger partial charge in [-0.25, -0.2) is 4.79 Å². The number of nitrogens with zero attached hydrogens (tertiary/aromatic N) is 1. The Hall–Kier alpha value is -1.38. The third-order valence-electron chi connectivity index (χ3n) is 1.13. The van der Waals surface area contributed by atoms with E-state index in [1.54, 1.807) is 20.0 Å². The van der Waals surface area contributed by atoms with Crippen molar-refractivity contribution in [1.29, 1.82) is 0 Å². The van der Waals surface area contributed by atoms with Crippen molar-refractivity contribution in [3.05, 3.63) is 24.3 Å². The first-order valence-corrected chi connectivity index (χ1v) is 3.68. The van der Waals surface area contributed by atoms with Gasteiger partial charge in [0.15, 0.2) is 0 Å². The van der Waals surface area contributed by atoms with Gasteiger partial charge in [-0.05, 0) is 13.0 Å². The van der Waals surface area contributed by atoms with E-state index in [0.717, 1.165) is 0 Å². The molecule has 0 rings (SSSR count). The van der Waals surface area contributed by atoms with Gasteiger partial charge in [-0.1, -0.05) is 12.7 Å². The van der Waals surface area contributed by atoms with Gasteiger partial charge in [-0.2, -0.15) is 0 Å². The molecule has 0 aliphatic heterocycles. The number of allylic oxidation sites excluding steroid dienone is 1. The van der Waals surface area contributed by atoms with E-state index in [0.29, 0.717) is 12.2 Å². The lowest BCUT2D eigenvalue weighted by molar-refractivity contribution is -0.138. The molecule has 0 aromatic heterocycles. The minimum atomic E-state index is -0.368. The molecule has 0 radical (unpaired) electrons. The summed E-state index contributed by atoms with van der Waals surface area (Å²) in [6, 6.07) is 0. The summed E-state index contributed by atoms with van der Waals surface area (Å²) in [5.74, 6) is -0.368. The van der Waals surface area contributed by atoms with E-state index in [1.165, 1.54) is 12.3 Å². The van der Waals surface area contributed by atoms with Crippen molar-refractivity contribution in [2.75, 3.05) is 13.7 Å². The number of esters is 1. The van der Waals surface area contributed by atoms with Gasteiger partial charge in [-0.3, -0.25) is 4.99 Å². The molecule has 66 valence electrons. The summed E-state index contributed by atoms with van der Waals surface area (Å²) in [6.45, 7) is 5.61. The van der Waals surface area contributed by atoms with Crippen LogP contribution in [-0.4, -0.2) is 25.8 Å². The highest BCUT2D eigenvalue weighted by Gasteiger charge is 2.03. The first-order chi connectivity index (χ1) is 5.76. The summed E-state index contributed by atoms with van der Waals surface area (Å²) in [5.41, 5.74) is 0.419. The van der Waals surface area contributed by atoms with Crippen LogP contribution in [0.25, 0.3) is 0 Å². The molecule has 3 heteroatoms. The quantitative estimate of drug-likeness (QED) is 0.274. The Balaban J connectivity index is 4.33. The molecule has 0 saturated carbocycles. The Kier molecular flexibility index (Phi) is 5.61. The number of aliphatic imine (C=N–C) groups is 1. The lowest BCUT2D eigenvalue weighted by Gasteiger charge is -1.99. The lowest BCUT2D eigenvalue weighted by Crippen LogP contribution is -2.05. The van der Waals surface area contributed by atoms with Gasteiger partial charge in [0, 0.05) is 13.3 Å². The predicted octanol–water partition coefficient (Wildman–Crippen LogP) is 1.36. The summed E-state index contributed by atoms with van der Waals surface area (Å²) in [4.78, 5) is 14.8. The van der Waals surface area contributed by atoms with Crippen LogP contribution >= 0.6 is 0 Å². The number of carbonyl (C=O) groups excluding carboxylic acids is 1. The Bertz CT molecular complexity index is 217. The minimum absolute atomic E-state index is 0.368. The fourth-order valence-corrected chi connectivity index (χ4v) is 0.589. The summed E-state index contributed by atoms with van der Waals surface area (Å²) in [7, 11) is 1.63. The standard InChI is InChI=1S/C9H13NO2/c1-4-8(6-7-10-3)9(11)12-5-2/h4,6-7H,1,5H2,2-3H3/b8-6+,10-7?. The highest BCUT2D eigenvalue weighted by Crippen LogP contribution is 1.97. The van der Waals surface area contributed by atoms with Crippen molar-refractivity contribution >= 4 is 12.2 Å². The number of hydrogen-bond donors (Lipinski definition) is 0. The van der Waals surface area contributed by atoms with Crippen molar-refractivity contribution in [1.82, 2.24) is 0 Å². The SMILES string of the molecule is C=C/C(=C\C=NC)C(=O)OCC.